The van der Waals surface area contributed by atoms with Crippen molar-refractivity contribution in [3.8, 4) is 0 Å². The fraction of sp³-hybridized carbons (Fsp3) is 0.857. The van der Waals surface area contributed by atoms with Crippen LogP contribution < -0.4 is 5.32 Å². The number of nitrogens with zero attached hydrogens (tertiary/aromatic N) is 2. The van der Waals surface area contributed by atoms with Crippen LogP contribution in [0.4, 0.5) is 4.79 Å². The predicted octanol–water partition coefficient (Wildman–Crippen LogP) is 3.75. The second-order valence-corrected chi connectivity index (χ2v) is 9.81. The second kappa shape index (κ2) is 7.44. The molecule has 6 nitrogen and oxygen atoms in total. The molecule has 1 saturated carbocycles. The monoisotopic (exact) mass is 377 g/mol. The number of carbonyl (C=O) groups is 2. The molecule has 0 radical (unpaired) electrons. The molecule has 2 heterocycles. The van der Waals surface area contributed by atoms with Gasteiger partial charge in [-0.2, -0.15) is 0 Å². The molecule has 6 heteroatoms. The fourth-order valence-electron chi connectivity index (χ4n) is 4.52. The molecule has 3 rings (SSSR count). The molecule has 1 N–H and O–H groups in total. The lowest BCUT2D eigenvalue weighted by Gasteiger charge is -2.36. The first-order valence-electron chi connectivity index (χ1n) is 10.5. The number of hydrogen-bond donors (Lipinski definition) is 1. The molecule has 1 aliphatic carbocycles. The second-order valence-electron chi connectivity index (χ2n) is 9.81. The zero-order valence-electron chi connectivity index (χ0n) is 17.5. The number of likely N-dealkylation sites (tertiary alicyclic amines) is 1. The highest BCUT2D eigenvalue weighted by Crippen LogP contribution is 2.37. The van der Waals surface area contributed by atoms with Gasteiger partial charge in [-0.1, -0.05) is 13.8 Å². The molecule has 2 amide bonds. The van der Waals surface area contributed by atoms with Crippen LogP contribution in [-0.4, -0.2) is 47.0 Å². The Kier molecular flexibility index (Phi) is 5.55. The number of amidine groups is 1. The number of hydrogen-bond acceptors (Lipinski definition) is 4. The van der Waals surface area contributed by atoms with Crippen LogP contribution in [0.15, 0.2) is 4.99 Å². The molecule has 3 aliphatic rings. The van der Waals surface area contributed by atoms with Crippen molar-refractivity contribution in [3.05, 3.63) is 0 Å². The smallest absolute Gasteiger partial charge is 0.410 e. The van der Waals surface area contributed by atoms with E-state index < -0.39 is 11.1 Å². The van der Waals surface area contributed by atoms with Crippen LogP contribution in [-0.2, 0) is 9.53 Å². The highest BCUT2D eigenvalue weighted by Gasteiger charge is 2.48. The molecule has 2 fully saturated rings. The van der Waals surface area contributed by atoms with Crippen LogP contribution in [0.1, 0.15) is 73.1 Å². The molecule has 0 bridgehead atoms. The number of ether oxygens (including phenoxy) is 1. The number of nitrogens with one attached hydrogen (secondary N) is 1. The third kappa shape index (κ3) is 4.46. The van der Waals surface area contributed by atoms with E-state index in [4.69, 9.17) is 9.73 Å². The van der Waals surface area contributed by atoms with Gasteiger partial charge in [0, 0.05) is 19.0 Å². The number of piperidine rings is 1. The summed E-state index contributed by atoms with van der Waals surface area (Å²) in [7, 11) is 0. The normalized spacial score (nSPS) is 28.3. The lowest BCUT2D eigenvalue weighted by Crippen LogP contribution is -2.51. The van der Waals surface area contributed by atoms with Crippen molar-refractivity contribution in [1.82, 2.24) is 10.2 Å². The van der Waals surface area contributed by atoms with Crippen molar-refractivity contribution in [2.45, 2.75) is 84.3 Å². The van der Waals surface area contributed by atoms with E-state index in [1.165, 1.54) is 12.8 Å². The first-order valence-corrected chi connectivity index (χ1v) is 10.5. The SMILES string of the molecule is CC(C)C1CCC(C2=NC3(CCN(C(=O)OC(C)(C)C)CC3)C(=O)N2)CC1. The Morgan fingerprint density at radius 1 is 1.19 bits per heavy atom. The van der Waals surface area contributed by atoms with Crippen LogP contribution >= 0.6 is 0 Å². The summed E-state index contributed by atoms with van der Waals surface area (Å²) in [6, 6.07) is 0. The van der Waals surface area contributed by atoms with Crippen molar-refractivity contribution in [2.75, 3.05) is 13.1 Å². The van der Waals surface area contributed by atoms with Gasteiger partial charge in [0.25, 0.3) is 5.91 Å². The summed E-state index contributed by atoms with van der Waals surface area (Å²) in [6.07, 6.45) is 5.51. The Morgan fingerprint density at radius 2 is 1.78 bits per heavy atom. The van der Waals surface area contributed by atoms with Gasteiger partial charge in [0.2, 0.25) is 0 Å². The van der Waals surface area contributed by atoms with Gasteiger partial charge in [0.1, 0.15) is 17.0 Å². The Balaban J connectivity index is 1.59. The number of aliphatic imine (C=N–C) groups is 1. The van der Waals surface area contributed by atoms with Gasteiger partial charge in [-0.25, -0.2) is 4.79 Å². The van der Waals surface area contributed by atoms with E-state index >= 15 is 0 Å². The predicted molar refractivity (Wildman–Crippen MR) is 106 cm³/mol. The lowest BCUT2D eigenvalue weighted by atomic mass is 9.76. The third-order valence-corrected chi connectivity index (χ3v) is 6.34. The Labute approximate surface area is 163 Å². The zero-order valence-corrected chi connectivity index (χ0v) is 17.5. The van der Waals surface area contributed by atoms with Gasteiger partial charge >= 0.3 is 6.09 Å². The molecular formula is C21H35N3O3. The molecule has 0 aromatic heterocycles. The van der Waals surface area contributed by atoms with Gasteiger partial charge in [-0.05, 0) is 71.1 Å². The molecule has 0 atom stereocenters. The molecule has 1 saturated heterocycles. The largest absolute Gasteiger partial charge is 0.444 e. The number of amides is 2. The van der Waals surface area contributed by atoms with Gasteiger partial charge in [-0.3, -0.25) is 9.79 Å². The Morgan fingerprint density at radius 3 is 2.30 bits per heavy atom. The lowest BCUT2D eigenvalue weighted by molar-refractivity contribution is -0.125. The average Bonchev–Trinajstić information content (AvgIpc) is 2.90. The van der Waals surface area contributed by atoms with E-state index in [9.17, 15) is 9.59 Å². The van der Waals surface area contributed by atoms with Crippen LogP contribution in [0.2, 0.25) is 0 Å². The average molecular weight is 378 g/mol. The number of carbonyl (C=O) groups excluding carboxylic acids is 2. The van der Waals surface area contributed by atoms with E-state index in [2.05, 4.69) is 19.2 Å². The zero-order chi connectivity index (χ0) is 19.8. The standard InChI is InChI=1S/C21H35N3O3/c1-14(2)15-6-8-16(9-7-15)17-22-18(25)21(23-17)10-12-24(13-11-21)19(26)27-20(3,4)5/h14-16H,6-13H2,1-5H3,(H,22,23,25). The fourth-order valence-corrected chi connectivity index (χ4v) is 4.52. The summed E-state index contributed by atoms with van der Waals surface area (Å²) in [5, 5.41) is 3.09. The van der Waals surface area contributed by atoms with Crippen molar-refractivity contribution in [2.24, 2.45) is 22.7 Å². The van der Waals surface area contributed by atoms with E-state index in [1.54, 1.807) is 4.90 Å². The van der Waals surface area contributed by atoms with E-state index in [0.29, 0.717) is 31.8 Å². The summed E-state index contributed by atoms with van der Waals surface area (Å²) in [5.41, 5.74) is -1.18. The van der Waals surface area contributed by atoms with E-state index in [1.807, 2.05) is 20.8 Å². The summed E-state index contributed by atoms with van der Waals surface area (Å²) in [5.74, 6) is 2.83. The highest BCUT2D eigenvalue weighted by atomic mass is 16.6. The van der Waals surface area contributed by atoms with Crippen molar-refractivity contribution in [1.29, 1.82) is 0 Å². The van der Waals surface area contributed by atoms with Gasteiger partial charge in [0.15, 0.2) is 0 Å². The summed E-state index contributed by atoms with van der Waals surface area (Å²) >= 11 is 0. The summed E-state index contributed by atoms with van der Waals surface area (Å²) < 4.78 is 5.45. The maximum Gasteiger partial charge on any atom is 0.410 e. The minimum atomic E-state index is -0.678. The first-order chi connectivity index (χ1) is 12.6. The molecule has 2 aliphatic heterocycles. The Hall–Kier alpha value is -1.59. The minimum Gasteiger partial charge on any atom is -0.444 e. The maximum absolute atomic E-state index is 12.7. The third-order valence-electron chi connectivity index (χ3n) is 6.34. The summed E-state index contributed by atoms with van der Waals surface area (Å²) in [6.45, 7) is 11.2. The molecular weight excluding hydrogens is 342 g/mol. The van der Waals surface area contributed by atoms with Crippen LogP contribution in [0.3, 0.4) is 0 Å². The van der Waals surface area contributed by atoms with Gasteiger partial charge in [0.05, 0.1) is 0 Å². The molecule has 0 unspecified atom stereocenters. The van der Waals surface area contributed by atoms with Crippen molar-refractivity contribution < 1.29 is 14.3 Å². The van der Waals surface area contributed by atoms with Crippen molar-refractivity contribution >= 4 is 17.8 Å². The summed E-state index contributed by atoms with van der Waals surface area (Å²) in [4.78, 5) is 31.6. The quantitative estimate of drug-likeness (QED) is 0.797. The molecule has 1 spiro atoms. The van der Waals surface area contributed by atoms with E-state index in [-0.39, 0.29) is 12.0 Å². The van der Waals surface area contributed by atoms with Crippen molar-refractivity contribution in [3.63, 3.8) is 0 Å². The van der Waals surface area contributed by atoms with Crippen LogP contribution in [0.25, 0.3) is 0 Å². The van der Waals surface area contributed by atoms with Gasteiger partial charge < -0.3 is 15.0 Å². The van der Waals surface area contributed by atoms with Crippen LogP contribution in [0, 0.1) is 17.8 Å². The topological polar surface area (TPSA) is 71.0 Å². The maximum atomic E-state index is 12.7. The molecule has 0 aromatic carbocycles. The molecule has 152 valence electrons. The van der Waals surface area contributed by atoms with Gasteiger partial charge in [-0.15, -0.1) is 0 Å². The Bertz CT molecular complexity index is 605. The first kappa shape index (κ1) is 20.2. The number of rotatable bonds is 2. The minimum absolute atomic E-state index is 0.0207. The molecule has 27 heavy (non-hydrogen) atoms. The molecule has 0 aromatic rings. The van der Waals surface area contributed by atoms with Crippen LogP contribution in [0.5, 0.6) is 0 Å². The van der Waals surface area contributed by atoms with E-state index in [0.717, 1.165) is 30.5 Å². The highest BCUT2D eigenvalue weighted by molar-refractivity contribution is 6.09.